The van der Waals surface area contributed by atoms with Gasteiger partial charge in [-0.15, -0.1) is 0 Å². The number of aromatic nitrogens is 2. The molecular weight excluding hydrogens is 282 g/mol. The first-order chi connectivity index (χ1) is 9.86. The Hall–Kier alpha value is -2.31. The van der Waals surface area contributed by atoms with E-state index in [0.717, 1.165) is 6.07 Å². The Bertz CT molecular complexity index is 637. The largest absolute Gasteiger partial charge is 0.481 e. The van der Waals surface area contributed by atoms with E-state index in [4.69, 9.17) is 9.63 Å². The van der Waals surface area contributed by atoms with Gasteiger partial charge in [0, 0.05) is 18.4 Å². The summed E-state index contributed by atoms with van der Waals surface area (Å²) < 4.78 is 31.2. The van der Waals surface area contributed by atoms with Crippen molar-refractivity contribution in [2.75, 3.05) is 0 Å². The Kier molecular flexibility index (Phi) is 4.30. The summed E-state index contributed by atoms with van der Waals surface area (Å²) in [5, 5.41) is 12.7. The summed E-state index contributed by atoms with van der Waals surface area (Å²) in [6.45, 7) is 3.21. The monoisotopic (exact) mass is 296 g/mol. The number of rotatable bonds is 5. The van der Waals surface area contributed by atoms with Crippen molar-refractivity contribution in [3.63, 3.8) is 0 Å². The standard InChI is InChI=1S/C14H14F2N2O3/c1-7(8(2)14(19)20)13-17-12(18-21-13)5-9-3-10(15)6-11(16)4-9/h3-4,6-8H,5H2,1-2H3,(H,19,20). The molecule has 0 radical (unpaired) electrons. The van der Waals surface area contributed by atoms with E-state index < -0.39 is 29.4 Å². The molecule has 1 aromatic heterocycles. The molecular formula is C14H14F2N2O3. The molecule has 2 unspecified atom stereocenters. The molecule has 0 fully saturated rings. The lowest BCUT2D eigenvalue weighted by atomic mass is 9.96. The van der Waals surface area contributed by atoms with Crippen LogP contribution in [0.3, 0.4) is 0 Å². The highest BCUT2D eigenvalue weighted by atomic mass is 19.1. The fourth-order valence-electron chi connectivity index (χ4n) is 1.85. The van der Waals surface area contributed by atoms with Gasteiger partial charge in [-0.25, -0.2) is 8.78 Å². The second kappa shape index (κ2) is 5.99. The van der Waals surface area contributed by atoms with Crippen LogP contribution in [0.4, 0.5) is 8.78 Å². The normalized spacial score (nSPS) is 13.9. The predicted octanol–water partition coefficient (Wildman–Crippen LogP) is 2.76. The van der Waals surface area contributed by atoms with E-state index in [1.165, 1.54) is 12.1 Å². The van der Waals surface area contributed by atoms with E-state index in [2.05, 4.69) is 10.1 Å². The number of nitrogens with zero attached hydrogens (tertiary/aromatic N) is 2. The zero-order valence-corrected chi connectivity index (χ0v) is 11.5. The van der Waals surface area contributed by atoms with E-state index in [-0.39, 0.29) is 18.1 Å². The van der Waals surface area contributed by atoms with E-state index >= 15 is 0 Å². The lowest BCUT2D eigenvalue weighted by molar-refractivity contribution is -0.141. The summed E-state index contributed by atoms with van der Waals surface area (Å²) in [5.41, 5.74) is 0.374. The van der Waals surface area contributed by atoms with Crippen molar-refractivity contribution < 1.29 is 23.2 Å². The average molecular weight is 296 g/mol. The molecule has 2 rings (SSSR count). The molecule has 21 heavy (non-hydrogen) atoms. The van der Waals surface area contributed by atoms with E-state index in [1.807, 2.05) is 0 Å². The van der Waals surface area contributed by atoms with Crippen LogP contribution in [-0.2, 0) is 11.2 Å². The lowest BCUT2D eigenvalue weighted by Crippen LogP contribution is -2.16. The number of halogens is 2. The fourth-order valence-corrected chi connectivity index (χ4v) is 1.85. The molecule has 0 amide bonds. The smallest absolute Gasteiger partial charge is 0.307 e. The minimum absolute atomic E-state index is 0.104. The predicted molar refractivity (Wildman–Crippen MR) is 68.7 cm³/mol. The molecule has 0 aliphatic carbocycles. The zero-order chi connectivity index (χ0) is 15.6. The van der Waals surface area contributed by atoms with Crippen molar-refractivity contribution in [1.82, 2.24) is 10.1 Å². The number of benzene rings is 1. The minimum Gasteiger partial charge on any atom is -0.481 e. The molecule has 1 heterocycles. The van der Waals surface area contributed by atoms with E-state index in [0.29, 0.717) is 5.56 Å². The number of carboxylic acid groups (broad SMARTS) is 1. The van der Waals surface area contributed by atoms with Gasteiger partial charge in [0.05, 0.1) is 5.92 Å². The maximum absolute atomic E-state index is 13.1. The Morgan fingerprint density at radius 1 is 1.29 bits per heavy atom. The lowest BCUT2D eigenvalue weighted by Gasteiger charge is -2.10. The summed E-state index contributed by atoms with van der Waals surface area (Å²) in [6, 6.07) is 3.15. The molecule has 0 saturated heterocycles. The van der Waals surface area contributed by atoms with Crippen molar-refractivity contribution >= 4 is 5.97 Å². The number of hydrogen-bond acceptors (Lipinski definition) is 4. The Balaban J connectivity index is 2.14. The van der Waals surface area contributed by atoms with Crippen LogP contribution in [-0.4, -0.2) is 21.2 Å². The summed E-state index contributed by atoms with van der Waals surface area (Å²) >= 11 is 0. The first kappa shape index (κ1) is 15.1. The highest BCUT2D eigenvalue weighted by molar-refractivity contribution is 5.70. The number of hydrogen-bond donors (Lipinski definition) is 1. The van der Waals surface area contributed by atoms with E-state index in [1.54, 1.807) is 13.8 Å². The number of carbonyl (C=O) groups is 1. The third kappa shape index (κ3) is 3.62. The first-order valence-electron chi connectivity index (χ1n) is 6.37. The second-order valence-corrected chi connectivity index (χ2v) is 4.92. The van der Waals surface area contributed by atoms with Crippen LogP contribution in [0, 0.1) is 17.6 Å². The molecule has 0 bridgehead atoms. The van der Waals surface area contributed by atoms with Crippen molar-refractivity contribution in [3.8, 4) is 0 Å². The molecule has 1 aromatic carbocycles. The third-order valence-electron chi connectivity index (χ3n) is 3.30. The number of aliphatic carboxylic acids is 1. The maximum atomic E-state index is 13.1. The van der Waals surface area contributed by atoms with Gasteiger partial charge in [0.15, 0.2) is 5.82 Å². The molecule has 2 atom stereocenters. The second-order valence-electron chi connectivity index (χ2n) is 4.92. The molecule has 0 aliphatic heterocycles. The van der Waals surface area contributed by atoms with Crippen LogP contribution >= 0.6 is 0 Å². The van der Waals surface area contributed by atoms with Crippen LogP contribution < -0.4 is 0 Å². The highest BCUT2D eigenvalue weighted by Gasteiger charge is 2.25. The molecule has 2 aromatic rings. The molecule has 1 N–H and O–H groups in total. The highest BCUT2D eigenvalue weighted by Crippen LogP contribution is 2.23. The number of carboxylic acids is 1. The van der Waals surface area contributed by atoms with Gasteiger partial charge in [-0.3, -0.25) is 4.79 Å². The SMILES string of the molecule is CC(C(=O)O)C(C)c1nc(Cc2cc(F)cc(F)c2)no1. The van der Waals surface area contributed by atoms with Gasteiger partial charge in [0.25, 0.3) is 0 Å². The summed E-state index contributed by atoms with van der Waals surface area (Å²) in [4.78, 5) is 15.0. The van der Waals surface area contributed by atoms with Crippen molar-refractivity contribution in [1.29, 1.82) is 0 Å². The molecule has 0 saturated carbocycles. The van der Waals surface area contributed by atoms with Gasteiger partial charge in [-0.05, 0) is 17.7 Å². The van der Waals surface area contributed by atoms with Gasteiger partial charge in [0.1, 0.15) is 11.6 Å². The van der Waals surface area contributed by atoms with Gasteiger partial charge >= 0.3 is 5.97 Å². The molecule has 7 heteroatoms. The Labute approximate surface area is 119 Å². The average Bonchev–Trinajstić information content (AvgIpc) is 2.84. The zero-order valence-electron chi connectivity index (χ0n) is 11.5. The van der Waals surface area contributed by atoms with Crippen molar-refractivity contribution in [2.45, 2.75) is 26.2 Å². The molecule has 112 valence electrons. The summed E-state index contributed by atoms with van der Waals surface area (Å²) in [5.74, 6) is -3.01. The molecule has 0 aliphatic rings. The molecule has 0 spiro atoms. The van der Waals surface area contributed by atoms with Crippen LogP contribution in [0.25, 0.3) is 0 Å². The van der Waals surface area contributed by atoms with E-state index in [9.17, 15) is 13.6 Å². The van der Waals surface area contributed by atoms with Crippen LogP contribution in [0.15, 0.2) is 22.7 Å². The van der Waals surface area contributed by atoms with Crippen LogP contribution in [0.2, 0.25) is 0 Å². The summed E-state index contributed by atoms with van der Waals surface area (Å²) in [6.07, 6.45) is 0.104. The molecule has 5 nitrogen and oxygen atoms in total. The van der Waals surface area contributed by atoms with Gasteiger partial charge in [-0.1, -0.05) is 19.0 Å². The quantitative estimate of drug-likeness (QED) is 0.918. The summed E-state index contributed by atoms with van der Waals surface area (Å²) in [7, 11) is 0. The fraction of sp³-hybridized carbons (Fsp3) is 0.357. The van der Waals surface area contributed by atoms with Crippen LogP contribution in [0.1, 0.15) is 37.0 Å². The Morgan fingerprint density at radius 2 is 1.90 bits per heavy atom. The topological polar surface area (TPSA) is 76.2 Å². The maximum Gasteiger partial charge on any atom is 0.307 e. The van der Waals surface area contributed by atoms with Crippen molar-refractivity contribution in [3.05, 3.63) is 47.1 Å². The van der Waals surface area contributed by atoms with Gasteiger partial charge in [-0.2, -0.15) is 4.98 Å². The van der Waals surface area contributed by atoms with Gasteiger partial charge in [0.2, 0.25) is 5.89 Å². The minimum atomic E-state index is -0.963. The van der Waals surface area contributed by atoms with Crippen molar-refractivity contribution in [2.24, 2.45) is 5.92 Å². The third-order valence-corrected chi connectivity index (χ3v) is 3.30. The Morgan fingerprint density at radius 3 is 2.48 bits per heavy atom. The first-order valence-corrected chi connectivity index (χ1v) is 6.37. The van der Waals surface area contributed by atoms with Gasteiger partial charge < -0.3 is 9.63 Å². The van der Waals surface area contributed by atoms with Crippen LogP contribution in [0.5, 0.6) is 0 Å².